The monoisotopic (exact) mass is 304 g/mol. The van der Waals surface area contributed by atoms with Gasteiger partial charge in [-0.1, -0.05) is 30.3 Å². The van der Waals surface area contributed by atoms with Crippen LogP contribution < -0.4 is 5.32 Å². The molecule has 0 fully saturated rings. The Morgan fingerprint density at radius 1 is 1.28 bits per heavy atom. The molecular formula is C14H13BrN2O. The molecule has 0 aliphatic heterocycles. The summed E-state index contributed by atoms with van der Waals surface area (Å²) in [5, 5.41) is 2.95. The van der Waals surface area contributed by atoms with Crippen molar-refractivity contribution in [3.05, 3.63) is 64.4 Å². The zero-order valence-corrected chi connectivity index (χ0v) is 11.5. The summed E-state index contributed by atoms with van der Waals surface area (Å²) in [6.07, 6.45) is 1.60. The van der Waals surface area contributed by atoms with E-state index in [0.717, 1.165) is 5.56 Å². The maximum Gasteiger partial charge on any atom is 0.251 e. The number of aromatic nitrogens is 1. The molecular weight excluding hydrogens is 292 g/mol. The van der Waals surface area contributed by atoms with E-state index in [9.17, 15) is 4.79 Å². The van der Waals surface area contributed by atoms with Gasteiger partial charge in [0.15, 0.2) is 0 Å². The fourth-order valence-corrected chi connectivity index (χ4v) is 2.01. The number of nitrogens with one attached hydrogen (secondary N) is 1. The number of nitrogens with zero attached hydrogens (tertiary/aromatic N) is 1. The van der Waals surface area contributed by atoms with Crippen molar-refractivity contribution < 1.29 is 4.79 Å². The molecule has 3 nitrogen and oxygen atoms in total. The van der Waals surface area contributed by atoms with E-state index < -0.39 is 0 Å². The van der Waals surface area contributed by atoms with E-state index in [1.165, 1.54) is 0 Å². The smallest absolute Gasteiger partial charge is 0.251 e. The molecule has 0 radical (unpaired) electrons. The number of carbonyl (C=O) groups excluding carboxylic acids is 1. The summed E-state index contributed by atoms with van der Waals surface area (Å²) in [6, 6.07) is 13.2. The molecule has 1 N–H and O–H groups in total. The number of halogens is 1. The van der Waals surface area contributed by atoms with Crippen molar-refractivity contribution in [2.45, 2.75) is 13.0 Å². The van der Waals surface area contributed by atoms with Gasteiger partial charge in [-0.15, -0.1) is 0 Å². The minimum absolute atomic E-state index is 0.0226. The molecule has 4 heteroatoms. The molecule has 1 aromatic heterocycles. The van der Waals surface area contributed by atoms with Crippen LogP contribution in [0.25, 0.3) is 0 Å². The van der Waals surface area contributed by atoms with Crippen molar-refractivity contribution in [3.63, 3.8) is 0 Å². The van der Waals surface area contributed by atoms with Gasteiger partial charge >= 0.3 is 0 Å². The van der Waals surface area contributed by atoms with Gasteiger partial charge in [0, 0.05) is 11.8 Å². The lowest BCUT2D eigenvalue weighted by molar-refractivity contribution is 0.0939. The summed E-state index contributed by atoms with van der Waals surface area (Å²) in [6.45, 7) is 1.96. The fraction of sp³-hybridized carbons (Fsp3) is 0.143. The molecule has 1 unspecified atom stereocenters. The molecule has 1 aromatic carbocycles. The van der Waals surface area contributed by atoms with Gasteiger partial charge < -0.3 is 5.32 Å². The van der Waals surface area contributed by atoms with Crippen molar-refractivity contribution in [1.29, 1.82) is 0 Å². The number of hydrogen-bond acceptors (Lipinski definition) is 2. The highest BCUT2D eigenvalue weighted by Gasteiger charge is 2.11. The number of benzene rings is 1. The Labute approximate surface area is 114 Å². The number of amides is 1. The minimum atomic E-state index is -0.102. The van der Waals surface area contributed by atoms with Crippen LogP contribution in [0.5, 0.6) is 0 Å². The second-order valence-corrected chi connectivity index (χ2v) is 4.79. The summed E-state index contributed by atoms with van der Waals surface area (Å²) in [7, 11) is 0. The molecule has 1 atom stereocenters. The highest BCUT2D eigenvalue weighted by molar-refractivity contribution is 9.10. The predicted octanol–water partition coefficient (Wildman–Crippen LogP) is 3.34. The predicted molar refractivity (Wildman–Crippen MR) is 74.3 cm³/mol. The molecule has 18 heavy (non-hydrogen) atoms. The molecule has 1 heterocycles. The molecule has 0 spiro atoms. The Morgan fingerprint density at radius 2 is 2.00 bits per heavy atom. The Kier molecular flexibility index (Phi) is 4.10. The Morgan fingerprint density at radius 3 is 2.67 bits per heavy atom. The second-order valence-electron chi connectivity index (χ2n) is 3.97. The third kappa shape index (κ3) is 3.17. The summed E-state index contributed by atoms with van der Waals surface area (Å²) < 4.78 is 0.655. The molecule has 0 saturated carbocycles. The molecule has 0 aliphatic carbocycles. The van der Waals surface area contributed by atoms with E-state index in [0.29, 0.717) is 10.2 Å². The average Bonchev–Trinajstić information content (AvgIpc) is 2.39. The van der Waals surface area contributed by atoms with Crippen molar-refractivity contribution in [1.82, 2.24) is 10.3 Å². The van der Waals surface area contributed by atoms with Crippen LogP contribution in [0.3, 0.4) is 0 Å². The highest BCUT2D eigenvalue weighted by Crippen LogP contribution is 2.13. The highest BCUT2D eigenvalue weighted by atomic mass is 79.9. The Balaban J connectivity index is 2.08. The van der Waals surface area contributed by atoms with Crippen LogP contribution in [-0.4, -0.2) is 10.9 Å². The standard InChI is InChI=1S/C14H13BrN2O/c1-10(11-5-3-2-4-6-11)17-14(18)12-7-8-16-13(15)9-12/h2-10H,1H3,(H,17,18). The molecule has 2 aromatic rings. The average molecular weight is 305 g/mol. The fourth-order valence-electron chi connectivity index (χ4n) is 1.65. The lowest BCUT2D eigenvalue weighted by Gasteiger charge is -2.14. The van der Waals surface area contributed by atoms with E-state index in [1.807, 2.05) is 37.3 Å². The molecule has 2 rings (SSSR count). The van der Waals surface area contributed by atoms with Crippen molar-refractivity contribution in [3.8, 4) is 0 Å². The maximum absolute atomic E-state index is 12.0. The molecule has 0 bridgehead atoms. The number of rotatable bonds is 3. The van der Waals surface area contributed by atoms with Gasteiger partial charge in [-0.2, -0.15) is 0 Å². The molecule has 0 aliphatic rings. The van der Waals surface area contributed by atoms with Crippen LogP contribution in [0, 0.1) is 0 Å². The van der Waals surface area contributed by atoms with Crippen LogP contribution in [0.1, 0.15) is 28.9 Å². The summed E-state index contributed by atoms with van der Waals surface area (Å²) in [4.78, 5) is 16.0. The zero-order chi connectivity index (χ0) is 13.0. The van der Waals surface area contributed by atoms with Gasteiger partial charge in [0.1, 0.15) is 4.60 Å². The zero-order valence-electron chi connectivity index (χ0n) is 9.93. The third-order valence-corrected chi connectivity index (χ3v) is 3.07. The van der Waals surface area contributed by atoms with E-state index >= 15 is 0 Å². The minimum Gasteiger partial charge on any atom is -0.346 e. The Hall–Kier alpha value is -1.68. The number of carbonyl (C=O) groups is 1. The Bertz CT molecular complexity index is 543. The van der Waals surface area contributed by atoms with E-state index in [2.05, 4.69) is 26.2 Å². The summed E-state index contributed by atoms with van der Waals surface area (Å²) in [5.41, 5.74) is 1.68. The third-order valence-electron chi connectivity index (χ3n) is 2.64. The summed E-state index contributed by atoms with van der Waals surface area (Å²) in [5.74, 6) is -0.102. The molecule has 92 valence electrons. The van der Waals surface area contributed by atoms with E-state index in [1.54, 1.807) is 18.3 Å². The van der Waals surface area contributed by atoms with Crippen LogP contribution in [0.15, 0.2) is 53.3 Å². The van der Waals surface area contributed by atoms with Gasteiger partial charge in [0.05, 0.1) is 6.04 Å². The first-order chi connectivity index (χ1) is 8.66. The van der Waals surface area contributed by atoms with Crippen molar-refractivity contribution >= 4 is 21.8 Å². The largest absolute Gasteiger partial charge is 0.346 e. The molecule has 1 amide bonds. The SMILES string of the molecule is CC(NC(=O)c1ccnc(Br)c1)c1ccccc1. The van der Waals surface area contributed by atoms with Crippen LogP contribution in [-0.2, 0) is 0 Å². The van der Waals surface area contributed by atoms with Crippen LogP contribution in [0.4, 0.5) is 0 Å². The van der Waals surface area contributed by atoms with E-state index in [-0.39, 0.29) is 11.9 Å². The van der Waals surface area contributed by atoms with Gasteiger partial charge in [-0.25, -0.2) is 4.98 Å². The first-order valence-electron chi connectivity index (χ1n) is 5.64. The van der Waals surface area contributed by atoms with Gasteiger partial charge in [0.25, 0.3) is 5.91 Å². The van der Waals surface area contributed by atoms with Gasteiger partial charge in [-0.05, 0) is 40.5 Å². The lowest BCUT2D eigenvalue weighted by Crippen LogP contribution is -2.26. The normalized spacial score (nSPS) is 11.9. The topological polar surface area (TPSA) is 42.0 Å². The first kappa shape index (κ1) is 12.8. The lowest BCUT2D eigenvalue weighted by atomic mass is 10.1. The van der Waals surface area contributed by atoms with Crippen molar-refractivity contribution in [2.24, 2.45) is 0 Å². The van der Waals surface area contributed by atoms with E-state index in [4.69, 9.17) is 0 Å². The quantitative estimate of drug-likeness (QED) is 0.884. The van der Waals surface area contributed by atoms with Crippen LogP contribution in [0.2, 0.25) is 0 Å². The first-order valence-corrected chi connectivity index (χ1v) is 6.43. The van der Waals surface area contributed by atoms with Gasteiger partial charge in [0.2, 0.25) is 0 Å². The second kappa shape index (κ2) is 5.78. The number of hydrogen-bond donors (Lipinski definition) is 1. The summed E-state index contributed by atoms with van der Waals surface area (Å²) >= 11 is 3.25. The maximum atomic E-state index is 12.0. The van der Waals surface area contributed by atoms with Gasteiger partial charge in [-0.3, -0.25) is 4.79 Å². The molecule has 0 saturated heterocycles. The van der Waals surface area contributed by atoms with Crippen molar-refractivity contribution in [2.75, 3.05) is 0 Å². The van der Waals surface area contributed by atoms with Crippen LogP contribution >= 0.6 is 15.9 Å². The number of pyridine rings is 1.